The minimum absolute atomic E-state index is 0.290. The van der Waals surface area contributed by atoms with Gasteiger partial charge >= 0.3 is 0 Å². The van der Waals surface area contributed by atoms with Gasteiger partial charge in [-0.25, -0.2) is 0 Å². The molecule has 1 aromatic heterocycles. The molecule has 62 valence electrons. The summed E-state index contributed by atoms with van der Waals surface area (Å²) in [5.41, 5.74) is 5.55. The van der Waals surface area contributed by atoms with E-state index in [1.165, 1.54) is 4.88 Å². The summed E-state index contributed by atoms with van der Waals surface area (Å²) in [5, 5.41) is 0.854. The number of hydrogen-bond acceptors (Lipinski definition) is 3. The number of hydrogen-bond donors (Lipinski definition) is 1. The predicted octanol–water partition coefficient (Wildman–Crippen LogP) is 2.26. The van der Waals surface area contributed by atoms with E-state index in [0.29, 0.717) is 12.7 Å². The molecule has 0 spiro atoms. The number of anilines is 1. The molecule has 1 heterocycles. The first-order valence-corrected chi connectivity index (χ1v) is 4.46. The van der Waals surface area contributed by atoms with Gasteiger partial charge in [-0.15, -0.1) is 11.3 Å². The van der Waals surface area contributed by atoms with E-state index in [4.69, 9.17) is 10.5 Å². The molecule has 0 radical (unpaired) electrons. The van der Waals surface area contributed by atoms with Crippen molar-refractivity contribution in [2.45, 2.75) is 26.6 Å². The van der Waals surface area contributed by atoms with Crippen LogP contribution in [0, 0.1) is 0 Å². The lowest BCUT2D eigenvalue weighted by atomic mass is 10.4. The van der Waals surface area contributed by atoms with Crippen LogP contribution in [0.15, 0.2) is 12.1 Å². The summed E-state index contributed by atoms with van der Waals surface area (Å²) in [6, 6.07) is 3.91. The van der Waals surface area contributed by atoms with Crippen molar-refractivity contribution in [1.29, 1.82) is 0 Å². The van der Waals surface area contributed by atoms with Crippen LogP contribution in [0.1, 0.15) is 18.7 Å². The highest BCUT2D eigenvalue weighted by atomic mass is 32.1. The van der Waals surface area contributed by atoms with E-state index >= 15 is 0 Å². The van der Waals surface area contributed by atoms with Crippen molar-refractivity contribution in [3.8, 4) is 0 Å². The maximum absolute atomic E-state index is 5.55. The van der Waals surface area contributed by atoms with Gasteiger partial charge in [0.15, 0.2) is 0 Å². The fourth-order valence-corrected chi connectivity index (χ4v) is 1.42. The third-order valence-electron chi connectivity index (χ3n) is 1.24. The molecule has 0 atom stereocenters. The molecule has 0 amide bonds. The van der Waals surface area contributed by atoms with E-state index in [1.54, 1.807) is 11.3 Å². The lowest BCUT2D eigenvalue weighted by molar-refractivity contribution is 0.0674. The van der Waals surface area contributed by atoms with E-state index < -0.39 is 0 Å². The van der Waals surface area contributed by atoms with E-state index in [1.807, 2.05) is 26.0 Å². The van der Waals surface area contributed by atoms with Crippen molar-refractivity contribution in [3.05, 3.63) is 17.0 Å². The summed E-state index contributed by atoms with van der Waals surface area (Å²) in [6.07, 6.45) is 0.290. The number of ether oxygens (including phenoxy) is 1. The molecule has 0 aliphatic carbocycles. The Labute approximate surface area is 71.0 Å². The topological polar surface area (TPSA) is 35.2 Å². The van der Waals surface area contributed by atoms with Crippen LogP contribution < -0.4 is 5.73 Å². The Morgan fingerprint density at radius 1 is 1.55 bits per heavy atom. The molecule has 0 fully saturated rings. The smallest absolute Gasteiger partial charge is 0.0860 e. The van der Waals surface area contributed by atoms with E-state index in [0.717, 1.165) is 5.00 Å². The zero-order chi connectivity index (χ0) is 8.27. The molecule has 0 aliphatic heterocycles. The Morgan fingerprint density at radius 2 is 2.27 bits per heavy atom. The molecule has 2 N–H and O–H groups in total. The van der Waals surface area contributed by atoms with Crippen molar-refractivity contribution in [2.24, 2.45) is 0 Å². The van der Waals surface area contributed by atoms with Gasteiger partial charge in [-0.3, -0.25) is 0 Å². The number of thiophene rings is 1. The van der Waals surface area contributed by atoms with Crippen LogP contribution in [0.3, 0.4) is 0 Å². The van der Waals surface area contributed by atoms with Crippen LogP contribution >= 0.6 is 11.3 Å². The first-order chi connectivity index (χ1) is 5.18. The van der Waals surface area contributed by atoms with Gasteiger partial charge in [0, 0.05) is 4.88 Å². The zero-order valence-corrected chi connectivity index (χ0v) is 7.65. The van der Waals surface area contributed by atoms with Gasteiger partial charge < -0.3 is 10.5 Å². The average molecular weight is 171 g/mol. The maximum Gasteiger partial charge on any atom is 0.0860 e. The average Bonchev–Trinajstić information content (AvgIpc) is 2.31. The molecule has 0 bridgehead atoms. The molecule has 1 rings (SSSR count). The molecule has 0 saturated carbocycles. The molecular formula is C8H13NOS. The molecular weight excluding hydrogens is 158 g/mol. The minimum atomic E-state index is 0.290. The first-order valence-electron chi connectivity index (χ1n) is 3.64. The Balaban J connectivity index is 2.39. The Kier molecular flexibility index (Phi) is 2.91. The van der Waals surface area contributed by atoms with Crippen molar-refractivity contribution in [2.75, 3.05) is 5.73 Å². The molecule has 3 heteroatoms. The van der Waals surface area contributed by atoms with Crippen LogP contribution in [0.4, 0.5) is 5.00 Å². The summed E-state index contributed by atoms with van der Waals surface area (Å²) >= 11 is 1.58. The lowest BCUT2D eigenvalue weighted by Gasteiger charge is -2.04. The molecule has 0 unspecified atom stereocenters. The van der Waals surface area contributed by atoms with E-state index in [-0.39, 0.29) is 0 Å². The fraction of sp³-hybridized carbons (Fsp3) is 0.500. The quantitative estimate of drug-likeness (QED) is 0.757. The van der Waals surface area contributed by atoms with Crippen LogP contribution in [0.2, 0.25) is 0 Å². The molecule has 0 aliphatic rings. The molecule has 2 nitrogen and oxygen atoms in total. The second kappa shape index (κ2) is 3.74. The largest absolute Gasteiger partial charge is 0.391 e. The van der Waals surface area contributed by atoms with Gasteiger partial charge in [-0.2, -0.15) is 0 Å². The van der Waals surface area contributed by atoms with Crippen LogP contribution in [-0.2, 0) is 11.3 Å². The van der Waals surface area contributed by atoms with Crippen molar-refractivity contribution in [3.63, 3.8) is 0 Å². The predicted molar refractivity (Wildman–Crippen MR) is 48.7 cm³/mol. The maximum atomic E-state index is 5.55. The van der Waals surface area contributed by atoms with Gasteiger partial charge in [0.2, 0.25) is 0 Å². The zero-order valence-electron chi connectivity index (χ0n) is 6.83. The fourth-order valence-electron chi connectivity index (χ4n) is 0.721. The second-order valence-electron chi connectivity index (χ2n) is 2.66. The van der Waals surface area contributed by atoms with Crippen LogP contribution in [0.5, 0.6) is 0 Å². The third-order valence-corrected chi connectivity index (χ3v) is 2.13. The highest BCUT2D eigenvalue weighted by molar-refractivity contribution is 7.15. The minimum Gasteiger partial charge on any atom is -0.391 e. The summed E-state index contributed by atoms with van der Waals surface area (Å²) in [5.74, 6) is 0. The van der Waals surface area contributed by atoms with Gasteiger partial charge in [0.25, 0.3) is 0 Å². The normalized spacial score (nSPS) is 10.8. The van der Waals surface area contributed by atoms with Crippen LogP contribution in [0.25, 0.3) is 0 Å². The number of nitrogen functional groups attached to an aromatic ring is 1. The summed E-state index contributed by atoms with van der Waals surface area (Å²) in [7, 11) is 0. The van der Waals surface area contributed by atoms with Crippen LogP contribution in [-0.4, -0.2) is 6.10 Å². The van der Waals surface area contributed by atoms with E-state index in [9.17, 15) is 0 Å². The summed E-state index contributed by atoms with van der Waals surface area (Å²) < 4.78 is 5.40. The highest BCUT2D eigenvalue weighted by Crippen LogP contribution is 2.19. The molecule has 11 heavy (non-hydrogen) atoms. The number of nitrogens with two attached hydrogens (primary N) is 1. The van der Waals surface area contributed by atoms with Gasteiger partial charge in [0.05, 0.1) is 17.7 Å². The molecule has 0 aromatic carbocycles. The summed E-state index contributed by atoms with van der Waals surface area (Å²) in [6.45, 7) is 4.73. The second-order valence-corrected chi connectivity index (χ2v) is 3.86. The number of rotatable bonds is 3. The first kappa shape index (κ1) is 8.56. The third kappa shape index (κ3) is 2.91. The highest BCUT2D eigenvalue weighted by Gasteiger charge is 1.98. The Hall–Kier alpha value is -0.540. The lowest BCUT2D eigenvalue weighted by Crippen LogP contribution is -2.00. The SMILES string of the molecule is CC(C)OCc1ccc(N)s1. The van der Waals surface area contributed by atoms with Gasteiger partial charge in [-0.05, 0) is 26.0 Å². The standard InChI is InChI=1S/C8H13NOS/c1-6(2)10-5-7-3-4-8(9)11-7/h3-4,6H,5,9H2,1-2H3. The van der Waals surface area contributed by atoms with Crippen molar-refractivity contribution < 1.29 is 4.74 Å². The van der Waals surface area contributed by atoms with Gasteiger partial charge in [-0.1, -0.05) is 0 Å². The summed E-state index contributed by atoms with van der Waals surface area (Å²) in [4.78, 5) is 1.19. The van der Waals surface area contributed by atoms with Gasteiger partial charge in [0.1, 0.15) is 0 Å². The van der Waals surface area contributed by atoms with E-state index in [2.05, 4.69) is 0 Å². The van der Waals surface area contributed by atoms with Crippen molar-refractivity contribution in [1.82, 2.24) is 0 Å². The van der Waals surface area contributed by atoms with Crippen molar-refractivity contribution >= 4 is 16.3 Å². The Morgan fingerprint density at radius 3 is 2.73 bits per heavy atom. The molecule has 1 aromatic rings. The molecule has 0 saturated heterocycles. The Bertz CT molecular complexity index is 220. The monoisotopic (exact) mass is 171 g/mol.